The van der Waals surface area contributed by atoms with Crippen molar-refractivity contribution in [3.8, 4) is 5.82 Å². The molecule has 7 heteroatoms. The van der Waals surface area contributed by atoms with Gasteiger partial charge in [0, 0.05) is 18.8 Å². The molecule has 0 radical (unpaired) electrons. The largest absolute Gasteiger partial charge is 0.350 e. The van der Waals surface area contributed by atoms with Crippen LogP contribution in [-0.2, 0) is 0 Å². The Morgan fingerprint density at radius 1 is 1.36 bits per heavy atom. The summed E-state index contributed by atoms with van der Waals surface area (Å²) in [6, 6.07) is 4.01. The van der Waals surface area contributed by atoms with Gasteiger partial charge < -0.3 is 5.32 Å². The van der Waals surface area contributed by atoms with Crippen LogP contribution >= 0.6 is 0 Å². The Bertz CT molecular complexity index is 609. The van der Waals surface area contributed by atoms with Crippen molar-refractivity contribution in [2.45, 2.75) is 25.8 Å². The van der Waals surface area contributed by atoms with E-state index >= 15 is 0 Å². The molecule has 1 atom stereocenters. The van der Waals surface area contributed by atoms with Gasteiger partial charge in [-0.05, 0) is 38.1 Å². The standard InChI is InChI=1S/C15H20N6O/c1-2-20-7-3-4-13(20)9-17-15(22)12-5-6-14(16-8-12)21-10-18-19-11-21/h5-6,8,10-11,13H,2-4,7,9H2,1H3,(H,17,22). The first-order chi connectivity index (χ1) is 10.8. The highest BCUT2D eigenvalue weighted by molar-refractivity contribution is 5.93. The summed E-state index contributed by atoms with van der Waals surface area (Å²) in [5.74, 6) is 0.611. The van der Waals surface area contributed by atoms with Gasteiger partial charge in [-0.2, -0.15) is 0 Å². The monoisotopic (exact) mass is 300 g/mol. The second-order valence-corrected chi connectivity index (χ2v) is 5.41. The van der Waals surface area contributed by atoms with Gasteiger partial charge in [0.25, 0.3) is 5.91 Å². The predicted octanol–water partition coefficient (Wildman–Crippen LogP) is 0.876. The number of carbonyl (C=O) groups is 1. The smallest absolute Gasteiger partial charge is 0.252 e. The second kappa shape index (κ2) is 6.65. The first kappa shape index (κ1) is 14.6. The summed E-state index contributed by atoms with van der Waals surface area (Å²) in [5.41, 5.74) is 0.567. The van der Waals surface area contributed by atoms with Gasteiger partial charge in [0.1, 0.15) is 18.5 Å². The van der Waals surface area contributed by atoms with Gasteiger partial charge in [-0.15, -0.1) is 10.2 Å². The van der Waals surface area contributed by atoms with E-state index in [-0.39, 0.29) is 5.91 Å². The molecule has 1 N–H and O–H groups in total. The lowest BCUT2D eigenvalue weighted by Gasteiger charge is -2.22. The van der Waals surface area contributed by atoms with Gasteiger partial charge in [0.05, 0.1) is 5.56 Å². The molecule has 1 aliphatic heterocycles. The van der Waals surface area contributed by atoms with Crippen LogP contribution in [0.3, 0.4) is 0 Å². The Balaban J connectivity index is 1.58. The zero-order chi connectivity index (χ0) is 15.4. The number of carbonyl (C=O) groups excluding carboxylic acids is 1. The van der Waals surface area contributed by atoms with Crippen molar-refractivity contribution in [3.63, 3.8) is 0 Å². The fourth-order valence-electron chi connectivity index (χ4n) is 2.85. The molecule has 22 heavy (non-hydrogen) atoms. The van der Waals surface area contributed by atoms with Crippen molar-refractivity contribution in [2.75, 3.05) is 19.6 Å². The van der Waals surface area contributed by atoms with E-state index in [4.69, 9.17) is 0 Å². The summed E-state index contributed by atoms with van der Waals surface area (Å²) in [4.78, 5) is 18.9. The summed E-state index contributed by atoms with van der Waals surface area (Å²) in [6.07, 6.45) is 7.09. The first-order valence-corrected chi connectivity index (χ1v) is 7.61. The van der Waals surface area contributed by atoms with E-state index in [0.717, 1.165) is 19.5 Å². The van der Waals surface area contributed by atoms with Crippen LogP contribution in [0.25, 0.3) is 5.82 Å². The molecule has 2 aromatic heterocycles. The average Bonchev–Trinajstić information content (AvgIpc) is 3.24. The number of hydrogen-bond donors (Lipinski definition) is 1. The molecule has 1 unspecified atom stereocenters. The van der Waals surface area contributed by atoms with E-state index in [2.05, 4.69) is 32.3 Å². The van der Waals surface area contributed by atoms with Crippen LogP contribution in [0.5, 0.6) is 0 Å². The van der Waals surface area contributed by atoms with E-state index in [0.29, 0.717) is 24.0 Å². The number of likely N-dealkylation sites (N-methyl/N-ethyl adjacent to an activating group) is 1. The lowest BCUT2D eigenvalue weighted by molar-refractivity contribution is 0.0941. The van der Waals surface area contributed by atoms with E-state index in [1.165, 1.54) is 6.42 Å². The molecular weight excluding hydrogens is 280 g/mol. The van der Waals surface area contributed by atoms with Crippen LogP contribution < -0.4 is 5.32 Å². The van der Waals surface area contributed by atoms with Crippen LogP contribution in [0.1, 0.15) is 30.1 Å². The third-order valence-electron chi connectivity index (χ3n) is 4.10. The number of pyridine rings is 1. The molecule has 3 heterocycles. The maximum Gasteiger partial charge on any atom is 0.252 e. The van der Waals surface area contributed by atoms with Crippen molar-refractivity contribution in [1.29, 1.82) is 0 Å². The molecular formula is C15H20N6O. The van der Waals surface area contributed by atoms with Gasteiger partial charge >= 0.3 is 0 Å². The summed E-state index contributed by atoms with van der Waals surface area (Å²) < 4.78 is 1.69. The maximum absolute atomic E-state index is 12.2. The van der Waals surface area contributed by atoms with Gasteiger partial charge in [0.15, 0.2) is 0 Å². The Morgan fingerprint density at radius 3 is 2.86 bits per heavy atom. The van der Waals surface area contributed by atoms with E-state index in [1.54, 1.807) is 35.6 Å². The van der Waals surface area contributed by atoms with Crippen molar-refractivity contribution in [2.24, 2.45) is 0 Å². The Hall–Kier alpha value is -2.28. The second-order valence-electron chi connectivity index (χ2n) is 5.41. The molecule has 0 aliphatic carbocycles. The highest BCUT2D eigenvalue weighted by atomic mass is 16.1. The lowest BCUT2D eigenvalue weighted by Crippen LogP contribution is -2.40. The molecule has 1 fully saturated rings. The highest BCUT2D eigenvalue weighted by Gasteiger charge is 2.23. The minimum Gasteiger partial charge on any atom is -0.350 e. The molecule has 1 saturated heterocycles. The number of rotatable bonds is 5. The van der Waals surface area contributed by atoms with Crippen molar-refractivity contribution >= 4 is 5.91 Å². The van der Waals surface area contributed by atoms with Gasteiger partial charge in [-0.3, -0.25) is 14.3 Å². The normalized spacial score (nSPS) is 18.5. The van der Waals surface area contributed by atoms with Crippen molar-refractivity contribution in [3.05, 3.63) is 36.5 Å². The zero-order valence-corrected chi connectivity index (χ0v) is 12.6. The number of nitrogens with zero attached hydrogens (tertiary/aromatic N) is 5. The Kier molecular flexibility index (Phi) is 4.43. The molecule has 1 aliphatic rings. The molecule has 0 aromatic carbocycles. The van der Waals surface area contributed by atoms with E-state index in [1.807, 2.05) is 0 Å². The summed E-state index contributed by atoms with van der Waals surface area (Å²) in [6.45, 7) is 5.02. The van der Waals surface area contributed by atoms with E-state index < -0.39 is 0 Å². The third-order valence-corrected chi connectivity index (χ3v) is 4.10. The minimum atomic E-state index is -0.0780. The van der Waals surface area contributed by atoms with Gasteiger partial charge in [-0.1, -0.05) is 6.92 Å². The fraction of sp³-hybridized carbons (Fsp3) is 0.467. The van der Waals surface area contributed by atoms with Crippen LogP contribution in [0, 0.1) is 0 Å². The molecule has 0 saturated carbocycles. The molecule has 0 spiro atoms. The van der Waals surface area contributed by atoms with E-state index in [9.17, 15) is 4.79 Å². The Morgan fingerprint density at radius 2 is 2.18 bits per heavy atom. The summed E-state index contributed by atoms with van der Waals surface area (Å²) >= 11 is 0. The topological polar surface area (TPSA) is 75.9 Å². The van der Waals surface area contributed by atoms with Gasteiger partial charge in [-0.25, -0.2) is 4.98 Å². The maximum atomic E-state index is 12.2. The molecule has 116 valence electrons. The first-order valence-electron chi connectivity index (χ1n) is 7.61. The number of amides is 1. The SMILES string of the molecule is CCN1CCCC1CNC(=O)c1ccc(-n2cnnc2)nc1. The number of hydrogen-bond acceptors (Lipinski definition) is 5. The highest BCUT2D eigenvalue weighted by Crippen LogP contribution is 2.15. The molecule has 7 nitrogen and oxygen atoms in total. The Labute approximate surface area is 129 Å². The summed E-state index contributed by atoms with van der Waals surface area (Å²) in [7, 11) is 0. The van der Waals surface area contributed by atoms with Crippen molar-refractivity contribution < 1.29 is 4.79 Å². The minimum absolute atomic E-state index is 0.0780. The quantitative estimate of drug-likeness (QED) is 0.887. The van der Waals surface area contributed by atoms with Crippen molar-refractivity contribution in [1.82, 2.24) is 30.0 Å². The number of likely N-dealkylation sites (tertiary alicyclic amines) is 1. The summed E-state index contributed by atoms with van der Waals surface area (Å²) in [5, 5.41) is 10.5. The predicted molar refractivity (Wildman–Crippen MR) is 81.8 cm³/mol. The van der Waals surface area contributed by atoms with Crippen LogP contribution in [0.15, 0.2) is 31.0 Å². The number of nitrogens with one attached hydrogen (secondary N) is 1. The molecule has 0 bridgehead atoms. The average molecular weight is 300 g/mol. The third kappa shape index (κ3) is 3.14. The fourth-order valence-corrected chi connectivity index (χ4v) is 2.85. The van der Waals surface area contributed by atoms with Crippen LogP contribution in [0.2, 0.25) is 0 Å². The lowest BCUT2D eigenvalue weighted by atomic mass is 10.2. The molecule has 1 amide bonds. The molecule has 2 aromatic rings. The number of aromatic nitrogens is 4. The van der Waals surface area contributed by atoms with Crippen LogP contribution in [-0.4, -0.2) is 56.2 Å². The van der Waals surface area contributed by atoms with Crippen LogP contribution in [0.4, 0.5) is 0 Å². The van der Waals surface area contributed by atoms with Gasteiger partial charge in [0.2, 0.25) is 0 Å². The molecule has 3 rings (SSSR count). The zero-order valence-electron chi connectivity index (χ0n) is 12.6.